The van der Waals surface area contributed by atoms with Crippen LogP contribution in [0, 0.1) is 6.92 Å². The molecule has 4 aromatic rings. The maximum atomic E-state index is 12.3. The third-order valence-electron chi connectivity index (χ3n) is 4.79. The molecule has 33 heavy (non-hydrogen) atoms. The highest BCUT2D eigenvalue weighted by atomic mass is 16.4. The zero-order valence-electron chi connectivity index (χ0n) is 18.0. The molecule has 0 aliphatic heterocycles. The Morgan fingerprint density at radius 3 is 2.03 bits per heavy atom. The SMILES string of the molecule is Cc1ccc(-c2nnc(CCC(=O)Nc3ccc(NC(=O)Nc4ccccc4)cc3)o2)cc1. The third-order valence-corrected chi connectivity index (χ3v) is 4.79. The lowest BCUT2D eigenvalue weighted by molar-refractivity contribution is -0.116. The number of nitrogens with one attached hydrogen (secondary N) is 3. The third kappa shape index (κ3) is 6.27. The molecule has 0 atom stereocenters. The van der Waals surface area contributed by atoms with E-state index < -0.39 is 0 Å². The molecule has 0 bridgehead atoms. The molecule has 3 aromatic carbocycles. The topological polar surface area (TPSA) is 109 Å². The minimum atomic E-state index is -0.345. The van der Waals surface area contributed by atoms with Gasteiger partial charge in [-0.15, -0.1) is 10.2 Å². The van der Waals surface area contributed by atoms with Gasteiger partial charge in [0, 0.05) is 35.5 Å². The number of aromatic nitrogens is 2. The van der Waals surface area contributed by atoms with Crippen LogP contribution in [0.5, 0.6) is 0 Å². The second kappa shape index (κ2) is 10.2. The highest BCUT2D eigenvalue weighted by molar-refractivity contribution is 6.00. The Bertz CT molecular complexity index is 1220. The molecule has 0 fully saturated rings. The van der Waals surface area contributed by atoms with Gasteiger partial charge in [-0.25, -0.2) is 4.79 Å². The fraction of sp³-hybridized carbons (Fsp3) is 0.120. The van der Waals surface area contributed by atoms with Crippen molar-refractivity contribution in [1.29, 1.82) is 0 Å². The van der Waals surface area contributed by atoms with Gasteiger partial charge in [0.25, 0.3) is 0 Å². The maximum Gasteiger partial charge on any atom is 0.323 e. The molecule has 0 aliphatic rings. The Balaban J connectivity index is 1.24. The summed E-state index contributed by atoms with van der Waals surface area (Å²) in [7, 11) is 0. The van der Waals surface area contributed by atoms with Gasteiger partial charge < -0.3 is 20.4 Å². The predicted octanol–water partition coefficient (Wildman–Crippen LogP) is 5.26. The summed E-state index contributed by atoms with van der Waals surface area (Å²) in [5, 5.41) is 16.4. The zero-order chi connectivity index (χ0) is 23.0. The number of urea groups is 1. The molecule has 166 valence electrons. The monoisotopic (exact) mass is 441 g/mol. The molecule has 0 saturated heterocycles. The van der Waals surface area contributed by atoms with E-state index in [0.29, 0.717) is 35.3 Å². The van der Waals surface area contributed by atoms with Crippen molar-refractivity contribution in [2.24, 2.45) is 0 Å². The van der Waals surface area contributed by atoms with E-state index in [1.165, 1.54) is 0 Å². The molecule has 0 spiro atoms. The van der Waals surface area contributed by atoms with Crippen LogP contribution in [0.3, 0.4) is 0 Å². The average molecular weight is 441 g/mol. The fourth-order valence-corrected chi connectivity index (χ4v) is 3.06. The number of rotatable bonds is 7. The minimum absolute atomic E-state index is 0.174. The van der Waals surface area contributed by atoms with Gasteiger partial charge in [0.2, 0.25) is 17.7 Å². The summed E-state index contributed by atoms with van der Waals surface area (Å²) >= 11 is 0. The van der Waals surface area contributed by atoms with E-state index >= 15 is 0 Å². The van der Waals surface area contributed by atoms with Gasteiger partial charge >= 0.3 is 6.03 Å². The molecule has 0 radical (unpaired) electrons. The summed E-state index contributed by atoms with van der Waals surface area (Å²) in [5.74, 6) is 0.669. The van der Waals surface area contributed by atoms with Crippen LogP contribution in [-0.4, -0.2) is 22.1 Å². The van der Waals surface area contributed by atoms with Crippen LogP contribution >= 0.6 is 0 Å². The van der Waals surface area contributed by atoms with Crippen LogP contribution in [0.2, 0.25) is 0 Å². The van der Waals surface area contributed by atoms with Gasteiger partial charge in [0.1, 0.15) is 0 Å². The number of anilines is 3. The molecule has 0 saturated carbocycles. The Hall–Kier alpha value is -4.46. The van der Waals surface area contributed by atoms with Gasteiger partial charge in [-0.1, -0.05) is 35.9 Å². The van der Waals surface area contributed by atoms with Crippen molar-refractivity contribution in [2.75, 3.05) is 16.0 Å². The van der Waals surface area contributed by atoms with Crippen LogP contribution in [-0.2, 0) is 11.2 Å². The molecule has 1 heterocycles. The van der Waals surface area contributed by atoms with E-state index in [-0.39, 0.29) is 18.4 Å². The van der Waals surface area contributed by atoms with Crippen molar-refractivity contribution in [2.45, 2.75) is 19.8 Å². The molecule has 0 aliphatic carbocycles. The largest absolute Gasteiger partial charge is 0.421 e. The van der Waals surface area contributed by atoms with Gasteiger partial charge in [0.05, 0.1) is 0 Å². The van der Waals surface area contributed by atoms with E-state index in [1.54, 1.807) is 36.4 Å². The molecular formula is C25H23N5O3. The summed E-state index contributed by atoms with van der Waals surface area (Å²) in [6.07, 6.45) is 0.541. The highest BCUT2D eigenvalue weighted by Gasteiger charge is 2.11. The molecule has 3 N–H and O–H groups in total. The van der Waals surface area contributed by atoms with Crippen molar-refractivity contribution in [3.63, 3.8) is 0 Å². The fourth-order valence-electron chi connectivity index (χ4n) is 3.06. The first-order valence-electron chi connectivity index (χ1n) is 10.5. The Kier molecular flexibility index (Phi) is 6.75. The summed E-state index contributed by atoms with van der Waals surface area (Å²) in [6.45, 7) is 2.01. The second-order valence-corrected chi connectivity index (χ2v) is 7.44. The summed E-state index contributed by atoms with van der Waals surface area (Å²) in [5.41, 5.74) is 3.92. The Morgan fingerprint density at radius 2 is 1.36 bits per heavy atom. The lowest BCUT2D eigenvalue weighted by Crippen LogP contribution is -2.19. The number of benzene rings is 3. The first-order valence-corrected chi connectivity index (χ1v) is 10.5. The number of carbonyl (C=O) groups excluding carboxylic acids is 2. The molecule has 1 aromatic heterocycles. The maximum absolute atomic E-state index is 12.3. The van der Waals surface area contributed by atoms with Gasteiger partial charge in [-0.05, 0) is 55.5 Å². The van der Waals surface area contributed by atoms with Crippen molar-refractivity contribution < 1.29 is 14.0 Å². The molecule has 8 heteroatoms. The average Bonchev–Trinajstić information content (AvgIpc) is 3.29. The number of nitrogens with zero attached hydrogens (tertiary/aromatic N) is 2. The van der Waals surface area contributed by atoms with Gasteiger partial charge in [0.15, 0.2) is 0 Å². The zero-order valence-corrected chi connectivity index (χ0v) is 18.0. The van der Waals surface area contributed by atoms with E-state index in [2.05, 4.69) is 26.1 Å². The molecular weight excluding hydrogens is 418 g/mol. The van der Waals surface area contributed by atoms with E-state index in [0.717, 1.165) is 11.1 Å². The van der Waals surface area contributed by atoms with E-state index in [9.17, 15) is 9.59 Å². The van der Waals surface area contributed by atoms with Crippen molar-refractivity contribution in [3.8, 4) is 11.5 Å². The number of carbonyl (C=O) groups is 2. The number of hydrogen-bond donors (Lipinski definition) is 3. The first kappa shape index (κ1) is 21.8. The summed E-state index contributed by atoms with van der Waals surface area (Å²) < 4.78 is 5.66. The van der Waals surface area contributed by atoms with Crippen LogP contribution in [0.1, 0.15) is 17.9 Å². The van der Waals surface area contributed by atoms with Gasteiger partial charge in [-0.3, -0.25) is 4.79 Å². The van der Waals surface area contributed by atoms with Gasteiger partial charge in [-0.2, -0.15) is 0 Å². The smallest absolute Gasteiger partial charge is 0.323 e. The highest BCUT2D eigenvalue weighted by Crippen LogP contribution is 2.19. The quantitative estimate of drug-likeness (QED) is 0.362. The normalized spacial score (nSPS) is 10.5. The van der Waals surface area contributed by atoms with Crippen LogP contribution in [0.4, 0.5) is 21.9 Å². The molecule has 0 unspecified atom stereocenters. The standard InChI is InChI=1S/C25H23N5O3/c1-17-7-9-18(10-8-17)24-30-29-23(33-24)16-15-22(31)26-20-11-13-21(14-12-20)28-25(32)27-19-5-3-2-4-6-19/h2-14H,15-16H2,1H3,(H,26,31)(H2,27,28,32). The van der Waals surface area contributed by atoms with Crippen LogP contribution in [0.15, 0.2) is 83.3 Å². The number of para-hydroxylation sites is 1. The van der Waals surface area contributed by atoms with Crippen molar-refractivity contribution in [3.05, 3.63) is 90.3 Å². The van der Waals surface area contributed by atoms with Crippen molar-refractivity contribution >= 4 is 29.0 Å². The lowest BCUT2D eigenvalue weighted by atomic mass is 10.1. The van der Waals surface area contributed by atoms with Crippen molar-refractivity contribution in [1.82, 2.24) is 10.2 Å². The lowest BCUT2D eigenvalue weighted by Gasteiger charge is -2.09. The Morgan fingerprint density at radius 1 is 0.758 bits per heavy atom. The van der Waals surface area contributed by atoms with E-state index in [4.69, 9.17) is 4.42 Å². The predicted molar refractivity (Wildman–Crippen MR) is 127 cm³/mol. The first-order chi connectivity index (χ1) is 16.0. The number of hydrogen-bond acceptors (Lipinski definition) is 5. The summed E-state index contributed by atoms with van der Waals surface area (Å²) in [4.78, 5) is 24.3. The van der Waals surface area contributed by atoms with Crippen LogP contribution < -0.4 is 16.0 Å². The van der Waals surface area contributed by atoms with E-state index in [1.807, 2.05) is 49.4 Å². The second-order valence-electron chi connectivity index (χ2n) is 7.44. The Labute approximate surface area is 191 Å². The minimum Gasteiger partial charge on any atom is -0.421 e. The summed E-state index contributed by atoms with van der Waals surface area (Å²) in [6, 6.07) is 23.5. The number of aryl methyl sites for hydroxylation is 2. The number of amides is 3. The molecule has 8 nitrogen and oxygen atoms in total. The van der Waals surface area contributed by atoms with Crippen LogP contribution in [0.25, 0.3) is 11.5 Å². The molecule has 3 amide bonds. The molecule has 4 rings (SSSR count).